The van der Waals surface area contributed by atoms with E-state index in [2.05, 4.69) is 15.6 Å². The first kappa shape index (κ1) is 19.6. The van der Waals surface area contributed by atoms with Crippen molar-refractivity contribution in [3.05, 3.63) is 41.2 Å². The summed E-state index contributed by atoms with van der Waals surface area (Å²) in [4.78, 5) is 28.8. The second kappa shape index (κ2) is 8.13. The van der Waals surface area contributed by atoms with Gasteiger partial charge in [0, 0.05) is 17.1 Å². The van der Waals surface area contributed by atoms with E-state index in [1.165, 1.54) is 36.8 Å². The van der Waals surface area contributed by atoms with Crippen LogP contribution in [0.5, 0.6) is 5.75 Å². The van der Waals surface area contributed by atoms with E-state index in [0.717, 1.165) is 6.07 Å². The van der Waals surface area contributed by atoms with Crippen LogP contribution in [-0.2, 0) is 9.53 Å². The fourth-order valence-electron chi connectivity index (χ4n) is 2.10. The summed E-state index contributed by atoms with van der Waals surface area (Å²) in [7, 11) is 1.39. The molecular formula is C17H20FN3O4S. The third-order valence-electron chi connectivity index (χ3n) is 3.09. The molecule has 0 spiro atoms. The van der Waals surface area contributed by atoms with Crippen LogP contribution < -0.4 is 15.4 Å². The lowest BCUT2D eigenvalue weighted by Gasteiger charge is -2.24. The van der Waals surface area contributed by atoms with Gasteiger partial charge < -0.3 is 14.8 Å². The number of aromatic nitrogens is 1. The summed E-state index contributed by atoms with van der Waals surface area (Å²) in [6, 6.07) is 2.47. The number of thiazole rings is 1. The average molecular weight is 381 g/mol. The minimum Gasteiger partial charge on any atom is -0.496 e. The highest BCUT2D eigenvalue weighted by atomic mass is 32.1. The van der Waals surface area contributed by atoms with Gasteiger partial charge in [-0.15, -0.1) is 11.3 Å². The number of halogens is 1. The monoisotopic (exact) mass is 381 g/mol. The summed E-state index contributed by atoms with van der Waals surface area (Å²) in [5, 5.41) is 7.08. The van der Waals surface area contributed by atoms with Gasteiger partial charge in [0.05, 0.1) is 7.11 Å². The van der Waals surface area contributed by atoms with Crippen LogP contribution in [0.25, 0.3) is 0 Å². The maximum absolute atomic E-state index is 13.8. The number of hydrogen-bond acceptors (Lipinski definition) is 6. The zero-order valence-corrected chi connectivity index (χ0v) is 15.6. The van der Waals surface area contributed by atoms with Gasteiger partial charge in [0.2, 0.25) is 0 Å². The van der Waals surface area contributed by atoms with Crippen LogP contribution in [-0.4, -0.2) is 29.7 Å². The number of benzene rings is 1. The number of carbonyl (C=O) groups is 2. The molecule has 26 heavy (non-hydrogen) atoms. The first-order valence-corrected chi connectivity index (χ1v) is 8.61. The number of nitrogens with one attached hydrogen (secondary N) is 2. The highest BCUT2D eigenvalue weighted by Gasteiger charge is 2.29. The Morgan fingerprint density at radius 1 is 1.31 bits per heavy atom. The summed E-state index contributed by atoms with van der Waals surface area (Å²) in [5.41, 5.74) is -0.598. The number of carbonyl (C=O) groups excluding carboxylic acids is 2. The normalized spacial score (nSPS) is 12.2. The van der Waals surface area contributed by atoms with Gasteiger partial charge in [0.25, 0.3) is 5.91 Å². The number of methoxy groups -OCH3 is 1. The molecule has 0 saturated carbocycles. The highest BCUT2D eigenvalue weighted by molar-refractivity contribution is 7.13. The molecule has 140 valence electrons. The predicted octanol–water partition coefficient (Wildman–Crippen LogP) is 3.50. The lowest BCUT2D eigenvalue weighted by atomic mass is 10.0. The van der Waals surface area contributed by atoms with Gasteiger partial charge >= 0.3 is 6.09 Å². The molecule has 1 atom stereocenters. The molecule has 9 heteroatoms. The number of amides is 2. The van der Waals surface area contributed by atoms with Gasteiger partial charge in [-0.3, -0.25) is 10.1 Å². The van der Waals surface area contributed by atoms with Crippen molar-refractivity contribution < 1.29 is 23.5 Å². The zero-order chi connectivity index (χ0) is 19.3. The lowest BCUT2D eigenvalue weighted by molar-refractivity contribution is -0.118. The molecule has 7 nitrogen and oxygen atoms in total. The Bertz CT molecular complexity index is 775. The molecule has 2 aromatic rings. The van der Waals surface area contributed by atoms with Crippen molar-refractivity contribution in [3.8, 4) is 5.75 Å². The van der Waals surface area contributed by atoms with Crippen LogP contribution in [0.4, 0.5) is 14.3 Å². The Balaban J connectivity index is 2.33. The number of rotatable bonds is 5. The number of nitrogens with zero attached hydrogens (tertiary/aromatic N) is 1. The quantitative estimate of drug-likeness (QED) is 0.827. The van der Waals surface area contributed by atoms with E-state index in [1.807, 2.05) is 0 Å². The van der Waals surface area contributed by atoms with Crippen molar-refractivity contribution in [3.63, 3.8) is 0 Å². The second-order valence-electron chi connectivity index (χ2n) is 6.29. The van der Waals surface area contributed by atoms with E-state index < -0.39 is 29.5 Å². The van der Waals surface area contributed by atoms with Gasteiger partial charge in [0.1, 0.15) is 23.2 Å². The van der Waals surface area contributed by atoms with E-state index in [9.17, 15) is 14.0 Å². The molecule has 2 amide bonds. The summed E-state index contributed by atoms with van der Waals surface area (Å²) < 4.78 is 24.2. The maximum Gasteiger partial charge on any atom is 0.408 e. The molecule has 2 rings (SSSR count). The topological polar surface area (TPSA) is 89.5 Å². The molecular weight excluding hydrogens is 361 g/mol. The number of anilines is 1. The van der Waals surface area contributed by atoms with Crippen LogP contribution in [0.1, 0.15) is 32.4 Å². The molecule has 0 aliphatic rings. The Hall–Kier alpha value is -2.68. The molecule has 0 saturated heterocycles. The molecule has 0 aliphatic carbocycles. The van der Waals surface area contributed by atoms with E-state index in [0.29, 0.717) is 5.13 Å². The summed E-state index contributed by atoms with van der Waals surface area (Å²) in [6.45, 7) is 5.08. The molecule has 1 aromatic heterocycles. The van der Waals surface area contributed by atoms with E-state index in [-0.39, 0.29) is 11.3 Å². The van der Waals surface area contributed by atoms with Gasteiger partial charge in [-0.05, 0) is 39.0 Å². The smallest absolute Gasteiger partial charge is 0.408 e. The first-order chi connectivity index (χ1) is 12.2. The third-order valence-corrected chi connectivity index (χ3v) is 3.78. The Labute approximate surface area is 154 Å². The minimum absolute atomic E-state index is 0.160. The molecule has 1 aromatic carbocycles. The molecule has 0 fully saturated rings. The Kier molecular flexibility index (Phi) is 6.14. The lowest BCUT2D eigenvalue weighted by Crippen LogP contribution is -2.40. The zero-order valence-electron chi connectivity index (χ0n) is 14.8. The van der Waals surface area contributed by atoms with Crippen LogP contribution in [0, 0.1) is 5.82 Å². The van der Waals surface area contributed by atoms with Crippen LogP contribution in [0.3, 0.4) is 0 Å². The van der Waals surface area contributed by atoms with E-state index in [4.69, 9.17) is 9.47 Å². The van der Waals surface area contributed by atoms with Gasteiger partial charge in [-0.25, -0.2) is 14.2 Å². The largest absolute Gasteiger partial charge is 0.496 e. The maximum atomic E-state index is 13.8. The Morgan fingerprint density at radius 3 is 2.62 bits per heavy atom. The van der Waals surface area contributed by atoms with Crippen molar-refractivity contribution in [2.75, 3.05) is 12.4 Å². The first-order valence-electron chi connectivity index (χ1n) is 7.73. The Morgan fingerprint density at radius 2 is 2.04 bits per heavy atom. The molecule has 0 aliphatic heterocycles. The predicted molar refractivity (Wildman–Crippen MR) is 95.8 cm³/mol. The van der Waals surface area contributed by atoms with Crippen LogP contribution in [0.15, 0.2) is 29.8 Å². The highest BCUT2D eigenvalue weighted by Crippen LogP contribution is 2.28. The number of hydrogen-bond donors (Lipinski definition) is 2. The van der Waals surface area contributed by atoms with Gasteiger partial charge in [-0.2, -0.15) is 0 Å². The molecule has 0 radical (unpaired) electrons. The van der Waals surface area contributed by atoms with Crippen molar-refractivity contribution in [1.29, 1.82) is 0 Å². The van der Waals surface area contributed by atoms with Crippen molar-refractivity contribution >= 4 is 28.5 Å². The number of alkyl carbamates (subject to hydrolysis) is 1. The molecule has 1 heterocycles. The summed E-state index contributed by atoms with van der Waals surface area (Å²) in [5.74, 6) is -0.921. The molecule has 0 bridgehead atoms. The summed E-state index contributed by atoms with van der Waals surface area (Å²) >= 11 is 1.21. The fourth-order valence-corrected chi connectivity index (χ4v) is 2.64. The summed E-state index contributed by atoms with van der Waals surface area (Å²) in [6.07, 6.45) is 0.711. The van der Waals surface area contributed by atoms with Gasteiger partial charge in [-0.1, -0.05) is 0 Å². The third kappa shape index (κ3) is 5.41. The van der Waals surface area contributed by atoms with Crippen LogP contribution >= 0.6 is 11.3 Å². The van der Waals surface area contributed by atoms with Crippen molar-refractivity contribution in [1.82, 2.24) is 10.3 Å². The van der Waals surface area contributed by atoms with E-state index >= 15 is 0 Å². The van der Waals surface area contributed by atoms with Gasteiger partial charge in [0.15, 0.2) is 5.13 Å². The minimum atomic E-state index is -1.24. The standard InChI is InChI=1S/C17H20FN3O4S/c1-17(2,3)25-16(23)20-13(14(22)21-15-19-7-8-26-15)11-9-10(18)5-6-12(11)24-4/h5-9,13H,1-4H3,(H,20,23)(H,19,21,22). The van der Waals surface area contributed by atoms with Crippen LogP contribution in [0.2, 0.25) is 0 Å². The van der Waals surface area contributed by atoms with E-state index in [1.54, 1.807) is 26.2 Å². The SMILES string of the molecule is COc1ccc(F)cc1C(NC(=O)OC(C)(C)C)C(=O)Nc1nccs1. The molecule has 2 N–H and O–H groups in total. The number of ether oxygens (including phenoxy) is 2. The molecule has 1 unspecified atom stereocenters. The van der Waals surface area contributed by atoms with Crippen molar-refractivity contribution in [2.45, 2.75) is 32.4 Å². The second-order valence-corrected chi connectivity index (χ2v) is 7.19. The average Bonchev–Trinajstić information content (AvgIpc) is 3.03. The van der Waals surface area contributed by atoms with Crippen molar-refractivity contribution in [2.24, 2.45) is 0 Å². The fraction of sp³-hybridized carbons (Fsp3) is 0.353.